The summed E-state index contributed by atoms with van der Waals surface area (Å²) in [5.41, 5.74) is 0. The maximum absolute atomic E-state index is 9.95. The number of likely N-dealkylation sites (tertiary alicyclic amines) is 1. The third-order valence-corrected chi connectivity index (χ3v) is 1.87. The van der Waals surface area contributed by atoms with Crippen molar-refractivity contribution < 1.29 is 9.90 Å². The number of piperidine rings is 1. The van der Waals surface area contributed by atoms with Gasteiger partial charge in [-0.3, -0.25) is 4.79 Å². The summed E-state index contributed by atoms with van der Waals surface area (Å²) < 4.78 is 0. The summed E-state index contributed by atoms with van der Waals surface area (Å²) in [5, 5.41) is 9.13. The fourth-order valence-electron chi connectivity index (χ4n) is 1.19. The van der Waals surface area contributed by atoms with Gasteiger partial charge in [0.2, 0.25) is 0 Å². The predicted molar refractivity (Wildman–Crippen MR) is 42.0 cm³/mol. The van der Waals surface area contributed by atoms with Crippen LogP contribution in [0, 0.1) is 0 Å². The highest BCUT2D eigenvalue weighted by molar-refractivity contribution is 5.64. The Morgan fingerprint density at radius 2 is 2.00 bits per heavy atom. The first kappa shape index (κ1) is 8.27. The van der Waals surface area contributed by atoms with Crippen LogP contribution in [0.4, 0.5) is 0 Å². The van der Waals surface area contributed by atoms with Crippen LogP contribution in [0.5, 0.6) is 0 Å². The SMILES string of the molecule is O=CC=CN1CCC(O)CC1. The van der Waals surface area contributed by atoms with E-state index in [1.807, 2.05) is 4.90 Å². The third-order valence-electron chi connectivity index (χ3n) is 1.87. The van der Waals surface area contributed by atoms with Crippen LogP contribution >= 0.6 is 0 Å². The minimum absolute atomic E-state index is 0.143. The van der Waals surface area contributed by atoms with Crippen LogP contribution in [0.15, 0.2) is 12.3 Å². The van der Waals surface area contributed by atoms with Gasteiger partial charge in [-0.1, -0.05) is 0 Å². The van der Waals surface area contributed by atoms with E-state index in [0.29, 0.717) is 0 Å². The fraction of sp³-hybridized carbons (Fsp3) is 0.625. The molecule has 1 heterocycles. The molecule has 0 atom stereocenters. The monoisotopic (exact) mass is 155 g/mol. The number of nitrogens with zero attached hydrogens (tertiary/aromatic N) is 1. The van der Waals surface area contributed by atoms with Gasteiger partial charge < -0.3 is 10.0 Å². The molecule has 1 aliphatic rings. The molecule has 0 spiro atoms. The summed E-state index contributed by atoms with van der Waals surface area (Å²) in [4.78, 5) is 12.0. The molecule has 0 bridgehead atoms. The van der Waals surface area contributed by atoms with E-state index in [-0.39, 0.29) is 6.10 Å². The number of rotatable bonds is 2. The van der Waals surface area contributed by atoms with Crippen molar-refractivity contribution in [3.63, 3.8) is 0 Å². The van der Waals surface area contributed by atoms with Crippen molar-refractivity contribution in [2.75, 3.05) is 13.1 Å². The second-order valence-electron chi connectivity index (χ2n) is 2.74. The van der Waals surface area contributed by atoms with Gasteiger partial charge in [0.1, 0.15) is 6.29 Å². The van der Waals surface area contributed by atoms with Gasteiger partial charge in [-0.15, -0.1) is 0 Å². The summed E-state index contributed by atoms with van der Waals surface area (Å²) in [6, 6.07) is 0. The van der Waals surface area contributed by atoms with Crippen molar-refractivity contribution in [2.45, 2.75) is 18.9 Å². The molecule has 3 nitrogen and oxygen atoms in total. The molecule has 0 saturated carbocycles. The average Bonchev–Trinajstić information content (AvgIpc) is 2.04. The van der Waals surface area contributed by atoms with Crippen molar-refractivity contribution >= 4 is 6.29 Å². The van der Waals surface area contributed by atoms with E-state index >= 15 is 0 Å². The Bertz CT molecular complexity index is 148. The second-order valence-corrected chi connectivity index (χ2v) is 2.74. The van der Waals surface area contributed by atoms with Gasteiger partial charge in [-0.2, -0.15) is 0 Å². The molecule has 0 aromatic carbocycles. The Kier molecular flexibility index (Phi) is 3.11. The number of aldehydes is 1. The third kappa shape index (κ3) is 2.72. The normalized spacial score (nSPS) is 21.0. The Morgan fingerprint density at radius 1 is 1.36 bits per heavy atom. The fourth-order valence-corrected chi connectivity index (χ4v) is 1.19. The van der Waals surface area contributed by atoms with Crippen molar-refractivity contribution in [3.8, 4) is 0 Å². The van der Waals surface area contributed by atoms with Crippen LogP contribution in [0.1, 0.15) is 12.8 Å². The molecule has 0 aromatic rings. The number of hydrogen-bond acceptors (Lipinski definition) is 3. The van der Waals surface area contributed by atoms with E-state index in [1.54, 1.807) is 6.20 Å². The molecule has 0 aromatic heterocycles. The molecule has 0 unspecified atom stereocenters. The topological polar surface area (TPSA) is 40.5 Å². The minimum Gasteiger partial charge on any atom is -0.393 e. The van der Waals surface area contributed by atoms with Crippen LogP contribution < -0.4 is 0 Å². The van der Waals surface area contributed by atoms with Gasteiger partial charge in [0.25, 0.3) is 0 Å². The molecule has 0 radical (unpaired) electrons. The first-order chi connectivity index (χ1) is 5.33. The summed E-state index contributed by atoms with van der Waals surface area (Å²) >= 11 is 0. The highest BCUT2D eigenvalue weighted by Gasteiger charge is 2.13. The molecule has 1 rings (SSSR count). The molecule has 62 valence electrons. The predicted octanol–water partition coefficient (Wildman–Crippen LogP) is 0.156. The van der Waals surface area contributed by atoms with Crippen molar-refractivity contribution in [1.82, 2.24) is 4.90 Å². The van der Waals surface area contributed by atoms with Gasteiger partial charge in [-0.05, 0) is 18.9 Å². The highest BCUT2D eigenvalue weighted by Crippen LogP contribution is 2.09. The molecule has 1 aliphatic heterocycles. The average molecular weight is 155 g/mol. The van der Waals surface area contributed by atoms with E-state index in [1.165, 1.54) is 6.08 Å². The number of aliphatic hydroxyl groups is 1. The lowest BCUT2D eigenvalue weighted by Crippen LogP contribution is -2.31. The summed E-state index contributed by atoms with van der Waals surface area (Å²) in [5.74, 6) is 0. The number of hydrogen-bond donors (Lipinski definition) is 1. The lowest BCUT2D eigenvalue weighted by molar-refractivity contribution is -0.104. The standard InChI is InChI=1S/C8H13NO2/c10-7-1-4-9-5-2-8(11)3-6-9/h1,4,7-8,11H,2-3,5-6H2. The first-order valence-electron chi connectivity index (χ1n) is 3.87. The van der Waals surface area contributed by atoms with Crippen molar-refractivity contribution in [2.24, 2.45) is 0 Å². The lowest BCUT2D eigenvalue weighted by atomic mass is 10.1. The van der Waals surface area contributed by atoms with Crippen LogP contribution in [0.3, 0.4) is 0 Å². The Hall–Kier alpha value is -0.830. The zero-order valence-electron chi connectivity index (χ0n) is 6.44. The van der Waals surface area contributed by atoms with Crippen LogP contribution in [-0.2, 0) is 4.79 Å². The van der Waals surface area contributed by atoms with Gasteiger partial charge in [0, 0.05) is 19.3 Å². The lowest BCUT2D eigenvalue weighted by Gasteiger charge is -2.27. The zero-order valence-corrected chi connectivity index (χ0v) is 6.44. The summed E-state index contributed by atoms with van der Waals surface area (Å²) in [6.07, 6.45) is 5.50. The van der Waals surface area contributed by atoms with Gasteiger partial charge in [0.05, 0.1) is 6.10 Å². The van der Waals surface area contributed by atoms with Crippen LogP contribution in [0.25, 0.3) is 0 Å². The molecule has 11 heavy (non-hydrogen) atoms. The number of allylic oxidation sites excluding steroid dienone is 1. The van der Waals surface area contributed by atoms with Crippen molar-refractivity contribution in [3.05, 3.63) is 12.3 Å². The molecule has 0 aliphatic carbocycles. The van der Waals surface area contributed by atoms with E-state index in [9.17, 15) is 4.79 Å². The molecule has 1 saturated heterocycles. The van der Waals surface area contributed by atoms with Gasteiger partial charge in [-0.25, -0.2) is 0 Å². The van der Waals surface area contributed by atoms with E-state index < -0.39 is 0 Å². The quantitative estimate of drug-likeness (QED) is 0.456. The summed E-state index contributed by atoms with van der Waals surface area (Å²) in [6.45, 7) is 1.71. The molecule has 0 amide bonds. The molecule has 1 N–H and O–H groups in total. The van der Waals surface area contributed by atoms with Gasteiger partial charge >= 0.3 is 0 Å². The van der Waals surface area contributed by atoms with Gasteiger partial charge in [0.15, 0.2) is 0 Å². The first-order valence-corrected chi connectivity index (χ1v) is 3.87. The number of carbonyl (C=O) groups is 1. The maximum atomic E-state index is 9.95. The molecular formula is C8H13NO2. The zero-order chi connectivity index (χ0) is 8.10. The molecular weight excluding hydrogens is 142 g/mol. The number of carbonyl (C=O) groups excluding carboxylic acids is 1. The van der Waals surface area contributed by atoms with E-state index in [2.05, 4.69) is 0 Å². The Balaban J connectivity index is 2.27. The number of aliphatic hydroxyl groups excluding tert-OH is 1. The smallest absolute Gasteiger partial charge is 0.144 e. The summed E-state index contributed by atoms with van der Waals surface area (Å²) in [7, 11) is 0. The Labute approximate surface area is 66.3 Å². The van der Waals surface area contributed by atoms with Crippen molar-refractivity contribution in [1.29, 1.82) is 0 Å². The molecule has 3 heteroatoms. The van der Waals surface area contributed by atoms with E-state index in [0.717, 1.165) is 32.2 Å². The minimum atomic E-state index is -0.143. The van der Waals surface area contributed by atoms with E-state index in [4.69, 9.17) is 5.11 Å². The van der Waals surface area contributed by atoms with Crippen LogP contribution in [0.2, 0.25) is 0 Å². The largest absolute Gasteiger partial charge is 0.393 e. The highest BCUT2D eigenvalue weighted by atomic mass is 16.3. The Morgan fingerprint density at radius 3 is 2.55 bits per heavy atom. The maximum Gasteiger partial charge on any atom is 0.144 e. The second kappa shape index (κ2) is 4.13. The molecule has 1 fully saturated rings. The van der Waals surface area contributed by atoms with Crippen LogP contribution in [-0.4, -0.2) is 35.5 Å².